The van der Waals surface area contributed by atoms with Crippen molar-refractivity contribution in [3.63, 3.8) is 0 Å². The molecule has 3 N–H and O–H groups in total. The first-order valence-corrected chi connectivity index (χ1v) is 8.88. The Morgan fingerprint density at radius 3 is 2.55 bits per heavy atom. The van der Waals surface area contributed by atoms with E-state index in [1.807, 2.05) is 25.1 Å². The second kappa shape index (κ2) is 12.9. The molecular formula is C20H25F2IN4O2. The molecule has 2 aromatic rings. The van der Waals surface area contributed by atoms with E-state index in [0.29, 0.717) is 24.8 Å². The van der Waals surface area contributed by atoms with Crippen LogP contribution in [-0.4, -0.2) is 32.1 Å². The summed E-state index contributed by atoms with van der Waals surface area (Å²) in [4.78, 5) is 15.5. The summed E-state index contributed by atoms with van der Waals surface area (Å²) in [7, 11) is 1.59. The Kier molecular flexibility index (Phi) is 11.0. The zero-order chi connectivity index (χ0) is 20.4. The normalized spacial score (nSPS) is 10.7. The summed E-state index contributed by atoms with van der Waals surface area (Å²) in [6, 6.07) is 10.6. The highest BCUT2D eigenvalue weighted by molar-refractivity contribution is 14.0. The lowest BCUT2D eigenvalue weighted by molar-refractivity contribution is -0.122. The van der Waals surface area contributed by atoms with Gasteiger partial charge < -0.3 is 20.7 Å². The number of guanidine groups is 1. The van der Waals surface area contributed by atoms with Gasteiger partial charge in [0.25, 0.3) is 5.91 Å². The first kappa shape index (κ1) is 24.6. The van der Waals surface area contributed by atoms with E-state index in [-0.39, 0.29) is 48.6 Å². The molecule has 0 aliphatic carbocycles. The molecule has 6 nitrogen and oxygen atoms in total. The van der Waals surface area contributed by atoms with E-state index in [9.17, 15) is 13.6 Å². The van der Waals surface area contributed by atoms with Crippen molar-refractivity contribution in [1.82, 2.24) is 16.0 Å². The Balaban J connectivity index is 0.00000420. The lowest BCUT2D eigenvalue weighted by Gasteiger charge is -2.13. The van der Waals surface area contributed by atoms with Crippen LogP contribution in [0.15, 0.2) is 47.5 Å². The third-order valence-electron chi connectivity index (χ3n) is 3.78. The van der Waals surface area contributed by atoms with E-state index in [0.717, 1.165) is 23.8 Å². The number of amides is 1. The van der Waals surface area contributed by atoms with Gasteiger partial charge in [-0.25, -0.2) is 8.78 Å². The summed E-state index contributed by atoms with van der Waals surface area (Å²) in [6.45, 7) is 2.88. The van der Waals surface area contributed by atoms with Gasteiger partial charge in [0.15, 0.2) is 12.6 Å². The zero-order valence-corrected chi connectivity index (χ0v) is 18.6. The second-order valence-electron chi connectivity index (χ2n) is 5.90. The minimum atomic E-state index is -0.495. The smallest absolute Gasteiger partial charge is 0.257 e. The van der Waals surface area contributed by atoms with Gasteiger partial charge in [-0.15, -0.1) is 24.0 Å². The van der Waals surface area contributed by atoms with Crippen LogP contribution in [0.5, 0.6) is 5.75 Å². The number of halogens is 3. The van der Waals surface area contributed by atoms with Gasteiger partial charge in [0, 0.05) is 32.2 Å². The zero-order valence-electron chi connectivity index (χ0n) is 16.3. The minimum Gasteiger partial charge on any atom is -0.484 e. The Hall–Kier alpha value is -2.43. The van der Waals surface area contributed by atoms with E-state index in [1.54, 1.807) is 13.1 Å². The molecule has 0 bridgehead atoms. The van der Waals surface area contributed by atoms with Crippen LogP contribution in [0.3, 0.4) is 0 Å². The van der Waals surface area contributed by atoms with Crippen molar-refractivity contribution in [3.8, 4) is 5.75 Å². The van der Waals surface area contributed by atoms with Crippen molar-refractivity contribution in [1.29, 1.82) is 0 Å². The third kappa shape index (κ3) is 8.63. The van der Waals surface area contributed by atoms with Gasteiger partial charge in [0.05, 0.1) is 0 Å². The summed E-state index contributed by atoms with van der Waals surface area (Å²) in [5, 5.41) is 8.69. The highest BCUT2D eigenvalue weighted by Crippen LogP contribution is 2.13. The van der Waals surface area contributed by atoms with E-state index in [4.69, 9.17) is 4.74 Å². The molecule has 0 radical (unpaired) electrons. The van der Waals surface area contributed by atoms with Crippen LogP contribution in [-0.2, 0) is 17.9 Å². The molecule has 2 aromatic carbocycles. The fourth-order valence-corrected chi connectivity index (χ4v) is 2.41. The van der Waals surface area contributed by atoms with Crippen LogP contribution in [0.2, 0.25) is 0 Å². The minimum absolute atomic E-state index is 0. The van der Waals surface area contributed by atoms with E-state index in [1.165, 1.54) is 0 Å². The van der Waals surface area contributed by atoms with Crippen molar-refractivity contribution < 1.29 is 18.3 Å². The first-order valence-electron chi connectivity index (χ1n) is 8.88. The van der Waals surface area contributed by atoms with Gasteiger partial charge in [-0.2, -0.15) is 0 Å². The molecule has 0 aliphatic rings. The molecule has 9 heteroatoms. The molecule has 158 valence electrons. The Labute approximate surface area is 186 Å². The summed E-state index contributed by atoms with van der Waals surface area (Å²) < 4.78 is 32.4. The maximum atomic E-state index is 13.7. The average molecular weight is 518 g/mol. The molecule has 0 unspecified atom stereocenters. The standard InChI is InChI=1S/C20H24F2N4O2.HI/c1-3-24-19(27)13-28-17-6-4-5-14(9-17)11-25-20(23-2)26-12-15-10-16(21)7-8-18(15)22;/h4-10H,3,11-13H2,1-2H3,(H,24,27)(H2,23,25,26);1H. The van der Waals surface area contributed by atoms with Crippen molar-refractivity contribution in [2.24, 2.45) is 4.99 Å². The fraction of sp³-hybridized carbons (Fsp3) is 0.300. The number of likely N-dealkylation sites (N-methyl/N-ethyl adjacent to an activating group) is 1. The van der Waals surface area contributed by atoms with Crippen LogP contribution in [0.4, 0.5) is 8.78 Å². The lowest BCUT2D eigenvalue weighted by atomic mass is 10.2. The van der Waals surface area contributed by atoms with Crippen LogP contribution in [0.1, 0.15) is 18.1 Å². The number of hydrogen-bond acceptors (Lipinski definition) is 3. The van der Waals surface area contributed by atoms with Crippen molar-refractivity contribution in [3.05, 3.63) is 65.2 Å². The van der Waals surface area contributed by atoms with Crippen LogP contribution in [0, 0.1) is 11.6 Å². The fourth-order valence-electron chi connectivity index (χ4n) is 2.41. The molecule has 0 aromatic heterocycles. The summed E-state index contributed by atoms with van der Waals surface area (Å²) in [5.41, 5.74) is 1.12. The molecular weight excluding hydrogens is 493 g/mol. The number of hydrogen-bond donors (Lipinski definition) is 3. The molecule has 0 fully saturated rings. The van der Waals surface area contributed by atoms with Gasteiger partial charge in [-0.1, -0.05) is 12.1 Å². The largest absolute Gasteiger partial charge is 0.484 e. The lowest BCUT2D eigenvalue weighted by Crippen LogP contribution is -2.36. The molecule has 0 heterocycles. The molecule has 2 rings (SSSR count). The van der Waals surface area contributed by atoms with Crippen LogP contribution in [0.25, 0.3) is 0 Å². The molecule has 0 saturated carbocycles. The summed E-state index contributed by atoms with van der Waals surface area (Å²) in [6.07, 6.45) is 0. The SMILES string of the molecule is CCNC(=O)COc1cccc(CNC(=NC)NCc2cc(F)ccc2F)c1.I. The average Bonchev–Trinajstić information content (AvgIpc) is 2.69. The molecule has 0 saturated heterocycles. The molecule has 0 atom stereocenters. The van der Waals surface area contributed by atoms with Crippen molar-refractivity contribution >= 4 is 35.8 Å². The number of ether oxygens (including phenoxy) is 1. The van der Waals surface area contributed by atoms with E-state index in [2.05, 4.69) is 20.9 Å². The summed E-state index contributed by atoms with van der Waals surface area (Å²) in [5.74, 6) is -0.139. The predicted molar refractivity (Wildman–Crippen MR) is 119 cm³/mol. The maximum absolute atomic E-state index is 13.7. The highest BCUT2D eigenvalue weighted by Gasteiger charge is 2.06. The maximum Gasteiger partial charge on any atom is 0.257 e. The second-order valence-corrected chi connectivity index (χ2v) is 5.90. The topological polar surface area (TPSA) is 74.8 Å². The van der Waals surface area contributed by atoms with E-state index >= 15 is 0 Å². The summed E-state index contributed by atoms with van der Waals surface area (Å²) >= 11 is 0. The Morgan fingerprint density at radius 1 is 1.07 bits per heavy atom. The molecule has 29 heavy (non-hydrogen) atoms. The monoisotopic (exact) mass is 518 g/mol. The van der Waals surface area contributed by atoms with Crippen LogP contribution < -0.4 is 20.7 Å². The number of carbonyl (C=O) groups is 1. The van der Waals surface area contributed by atoms with Crippen molar-refractivity contribution in [2.75, 3.05) is 20.2 Å². The number of benzene rings is 2. The predicted octanol–water partition coefficient (Wildman–Crippen LogP) is 2.96. The van der Waals surface area contributed by atoms with Gasteiger partial charge >= 0.3 is 0 Å². The van der Waals surface area contributed by atoms with Gasteiger partial charge in [0.1, 0.15) is 17.4 Å². The molecule has 1 amide bonds. The Bertz CT molecular complexity index is 834. The number of carbonyl (C=O) groups excluding carboxylic acids is 1. The van der Waals surface area contributed by atoms with Gasteiger partial charge in [0.2, 0.25) is 0 Å². The first-order chi connectivity index (χ1) is 13.5. The van der Waals surface area contributed by atoms with Gasteiger partial charge in [-0.05, 0) is 42.8 Å². The third-order valence-corrected chi connectivity index (χ3v) is 3.78. The number of rotatable bonds is 8. The number of nitrogens with one attached hydrogen (secondary N) is 3. The number of nitrogens with zero attached hydrogens (tertiary/aromatic N) is 1. The van der Waals surface area contributed by atoms with Crippen LogP contribution >= 0.6 is 24.0 Å². The van der Waals surface area contributed by atoms with E-state index < -0.39 is 11.6 Å². The highest BCUT2D eigenvalue weighted by atomic mass is 127. The Morgan fingerprint density at radius 2 is 1.83 bits per heavy atom. The molecule has 0 aliphatic heterocycles. The quantitative estimate of drug-likeness (QED) is 0.286. The molecule has 0 spiro atoms. The van der Waals surface area contributed by atoms with Gasteiger partial charge in [-0.3, -0.25) is 9.79 Å². The number of aliphatic imine (C=N–C) groups is 1. The van der Waals surface area contributed by atoms with Crippen molar-refractivity contribution in [2.45, 2.75) is 20.0 Å².